The fourth-order valence-corrected chi connectivity index (χ4v) is 4.63. The molecule has 2 amide bonds. The summed E-state index contributed by atoms with van der Waals surface area (Å²) in [6.45, 7) is 0.928. The fourth-order valence-electron chi connectivity index (χ4n) is 3.38. The predicted octanol–water partition coefficient (Wildman–Crippen LogP) is 3.99. The van der Waals surface area contributed by atoms with Crippen LogP contribution in [-0.2, 0) is 14.3 Å². The Labute approximate surface area is 195 Å². The van der Waals surface area contributed by atoms with Crippen molar-refractivity contribution in [2.24, 2.45) is 10.7 Å². The van der Waals surface area contributed by atoms with E-state index in [1.807, 2.05) is 30.3 Å². The molecule has 2 aliphatic rings. The summed E-state index contributed by atoms with van der Waals surface area (Å²) in [4.78, 5) is 31.1. The van der Waals surface area contributed by atoms with E-state index in [1.54, 1.807) is 29.2 Å². The number of amidine groups is 1. The fraction of sp³-hybridized carbons (Fsp3) is 0.261. The van der Waals surface area contributed by atoms with Crippen LogP contribution in [0.3, 0.4) is 0 Å². The van der Waals surface area contributed by atoms with E-state index in [1.165, 1.54) is 11.8 Å². The molecule has 0 spiro atoms. The number of primary amides is 1. The molecule has 2 aromatic rings. The number of hydrogen-bond donors (Lipinski definition) is 1. The third-order valence-corrected chi connectivity index (χ3v) is 6.20. The largest absolute Gasteiger partial charge is 0.482 e. The molecular weight excluding hydrogens is 450 g/mol. The number of thioether (sulfide) groups is 1. The number of halogens is 1. The lowest BCUT2D eigenvalue weighted by atomic mass is 10.2. The molecule has 2 heterocycles. The van der Waals surface area contributed by atoms with E-state index in [9.17, 15) is 9.59 Å². The summed E-state index contributed by atoms with van der Waals surface area (Å²) < 4.78 is 11.0. The van der Waals surface area contributed by atoms with Crippen LogP contribution in [0.15, 0.2) is 58.4 Å². The standard InChI is InChI=1S/C23H22ClN3O4S/c24-18-11-15(8-9-19(18)31-14-21(25)28)12-20-22(29)27(13-17-7-4-10-30-17)23(32-20)26-16-5-2-1-3-6-16/h1-3,5-6,8-9,11-12,17H,4,7,10,13-14H2,(H2,25,28). The Hall–Kier alpha value is -2.81. The normalized spacial score (nSPS) is 21.0. The van der Waals surface area contributed by atoms with Crippen molar-refractivity contribution in [3.8, 4) is 5.75 Å². The minimum Gasteiger partial charge on any atom is -0.482 e. The third kappa shape index (κ3) is 5.51. The van der Waals surface area contributed by atoms with Crippen LogP contribution in [0.5, 0.6) is 5.75 Å². The average Bonchev–Trinajstić information content (AvgIpc) is 3.38. The van der Waals surface area contributed by atoms with Crippen molar-refractivity contribution >= 4 is 52.1 Å². The molecule has 2 aromatic carbocycles. The van der Waals surface area contributed by atoms with Gasteiger partial charge in [0, 0.05) is 6.61 Å². The summed E-state index contributed by atoms with van der Waals surface area (Å²) in [5.74, 6) is -0.355. The molecule has 4 rings (SSSR count). The Balaban J connectivity index is 1.59. The van der Waals surface area contributed by atoms with Crippen LogP contribution >= 0.6 is 23.4 Å². The van der Waals surface area contributed by atoms with Crippen LogP contribution in [0.2, 0.25) is 5.02 Å². The summed E-state index contributed by atoms with van der Waals surface area (Å²) in [7, 11) is 0. The molecular formula is C23H22ClN3O4S. The van der Waals surface area contributed by atoms with E-state index in [2.05, 4.69) is 0 Å². The zero-order valence-corrected chi connectivity index (χ0v) is 18.8. The molecule has 2 aliphatic heterocycles. The highest BCUT2D eigenvalue weighted by molar-refractivity contribution is 8.18. The monoisotopic (exact) mass is 471 g/mol. The molecule has 2 N–H and O–H groups in total. The molecule has 1 atom stereocenters. The van der Waals surface area contributed by atoms with Crippen LogP contribution in [0.4, 0.5) is 5.69 Å². The van der Waals surface area contributed by atoms with Gasteiger partial charge in [0.05, 0.1) is 28.3 Å². The number of nitrogens with two attached hydrogens (primary N) is 1. The van der Waals surface area contributed by atoms with Crippen molar-refractivity contribution in [2.75, 3.05) is 19.8 Å². The highest BCUT2D eigenvalue weighted by Crippen LogP contribution is 2.36. The molecule has 1 unspecified atom stereocenters. The van der Waals surface area contributed by atoms with Crippen molar-refractivity contribution in [1.82, 2.24) is 4.90 Å². The van der Waals surface area contributed by atoms with Gasteiger partial charge in [0.15, 0.2) is 11.8 Å². The van der Waals surface area contributed by atoms with Crippen LogP contribution in [0.1, 0.15) is 18.4 Å². The zero-order chi connectivity index (χ0) is 22.5. The first-order chi connectivity index (χ1) is 15.5. The van der Waals surface area contributed by atoms with Crippen molar-refractivity contribution in [2.45, 2.75) is 18.9 Å². The van der Waals surface area contributed by atoms with Gasteiger partial charge in [-0.1, -0.05) is 35.9 Å². The number of rotatable bonds is 7. The Bertz CT molecular complexity index is 1070. The van der Waals surface area contributed by atoms with Crippen LogP contribution in [0, 0.1) is 0 Å². The van der Waals surface area contributed by atoms with Gasteiger partial charge in [-0.2, -0.15) is 0 Å². The number of benzene rings is 2. The van der Waals surface area contributed by atoms with Gasteiger partial charge in [0.25, 0.3) is 11.8 Å². The summed E-state index contributed by atoms with van der Waals surface area (Å²) in [5, 5.41) is 0.945. The molecule has 0 saturated carbocycles. The number of carbonyl (C=O) groups is 2. The average molecular weight is 472 g/mol. The smallest absolute Gasteiger partial charge is 0.266 e. The van der Waals surface area contributed by atoms with Crippen LogP contribution < -0.4 is 10.5 Å². The Morgan fingerprint density at radius 1 is 1.31 bits per heavy atom. The van der Waals surface area contributed by atoms with Crippen molar-refractivity contribution in [1.29, 1.82) is 0 Å². The molecule has 0 aromatic heterocycles. The van der Waals surface area contributed by atoms with Gasteiger partial charge in [0.1, 0.15) is 5.75 Å². The second kappa shape index (κ2) is 10.2. The molecule has 7 nitrogen and oxygen atoms in total. The third-order valence-electron chi connectivity index (χ3n) is 4.90. The van der Waals surface area contributed by atoms with Crippen LogP contribution in [0.25, 0.3) is 6.08 Å². The quantitative estimate of drug-likeness (QED) is 0.616. The van der Waals surface area contributed by atoms with Gasteiger partial charge in [0.2, 0.25) is 0 Å². The second-order valence-electron chi connectivity index (χ2n) is 7.34. The lowest BCUT2D eigenvalue weighted by Gasteiger charge is -2.19. The molecule has 0 bridgehead atoms. The minimum absolute atomic E-state index is 0.0102. The molecule has 32 heavy (non-hydrogen) atoms. The summed E-state index contributed by atoms with van der Waals surface area (Å²) >= 11 is 7.58. The molecule has 2 fully saturated rings. The number of amides is 2. The number of nitrogens with zero attached hydrogens (tertiary/aromatic N) is 2. The van der Waals surface area contributed by atoms with Gasteiger partial charge in [-0.3, -0.25) is 14.5 Å². The lowest BCUT2D eigenvalue weighted by molar-refractivity contribution is -0.123. The highest BCUT2D eigenvalue weighted by Gasteiger charge is 2.35. The first-order valence-electron chi connectivity index (χ1n) is 10.2. The summed E-state index contributed by atoms with van der Waals surface area (Å²) in [6.07, 6.45) is 3.70. The maximum atomic E-state index is 13.2. The topological polar surface area (TPSA) is 94.2 Å². The summed E-state index contributed by atoms with van der Waals surface area (Å²) in [5.41, 5.74) is 6.61. The van der Waals surface area contributed by atoms with Gasteiger partial charge < -0.3 is 15.2 Å². The molecule has 0 radical (unpaired) electrons. The maximum absolute atomic E-state index is 13.2. The first kappa shape index (κ1) is 22.4. The van der Waals surface area contributed by atoms with Crippen molar-refractivity contribution < 1.29 is 19.1 Å². The lowest BCUT2D eigenvalue weighted by Crippen LogP contribution is -2.36. The van der Waals surface area contributed by atoms with Gasteiger partial charge in [-0.05, 0) is 60.5 Å². The number of carbonyl (C=O) groups excluding carboxylic acids is 2. The zero-order valence-electron chi connectivity index (χ0n) is 17.2. The summed E-state index contributed by atoms with van der Waals surface area (Å²) in [6, 6.07) is 14.6. The van der Waals surface area contributed by atoms with E-state index in [0.29, 0.717) is 27.4 Å². The van der Waals surface area contributed by atoms with E-state index in [0.717, 1.165) is 30.7 Å². The molecule has 9 heteroatoms. The van der Waals surface area contributed by atoms with E-state index in [4.69, 9.17) is 31.8 Å². The van der Waals surface area contributed by atoms with Gasteiger partial charge in [-0.15, -0.1) is 0 Å². The highest BCUT2D eigenvalue weighted by atomic mass is 35.5. The van der Waals surface area contributed by atoms with Crippen LogP contribution in [-0.4, -0.2) is 47.7 Å². The van der Waals surface area contributed by atoms with Crippen molar-refractivity contribution in [3.05, 3.63) is 64.0 Å². The second-order valence-corrected chi connectivity index (χ2v) is 8.75. The Morgan fingerprint density at radius 3 is 2.81 bits per heavy atom. The van der Waals surface area contributed by atoms with Gasteiger partial charge in [-0.25, -0.2) is 4.99 Å². The number of para-hydroxylation sites is 1. The first-order valence-corrected chi connectivity index (χ1v) is 11.4. The minimum atomic E-state index is -0.586. The Morgan fingerprint density at radius 2 is 2.12 bits per heavy atom. The molecule has 2 saturated heterocycles. The maximum Gasteiger partial charge on any atom is 0.266 e. The number of ether oxygens (including phenoxy) is 2. The van der Waals surface area contributed by atoms with Crippen molar-refractivity contribution in [3.63, 3.8) is 0 Å². The Kier molecular flexibility index (Phi) is 7.14. The van der Waals surface area contributed by atoms with E-state index in [-0.39, 0.29) is 18.6 Å². The number of hydrogen-bond acceptors (Lipinski definition) is 6. The number of aliphatic imine (C=N–C) groups is 1. The SMILES string of the molecule is NC(=O)COc1ccc(C=C2SC(=Nc3ccccc3)N(CC3CCCO3)C2=O)cc1Cl. The van der Waals surface area contributed by atoms with E-state index >= 15 is 0 Å². The molecule has 166 valence electrons. The van der Waals surface area contributed by atoms with E-state index < -0.39 is 5.91 Å². The predicted molar refractivity (Wildman–Crippen MR) is 126 cm³/mol. The molecule has 0 aliphatic carbocycles. The van der Waals surface area contributed by atoms with Gasteiger partial charge >= 0.3 is 0 Å².